The average molecular weight is 365 g/mol. The Morgan fingerprint density at radius 1 is 0.615 bits per heavy atom. The SMILES string of the molecule is CCCCCC=CCC=CCC=CCC=CCCCCC(O)(CO)CO. The summed E-state index contributed by atoms with van der Waals surface area (Å²) in [7, 11) is 0. The van der Waals surface area contributed by atoms with Crippen LogP contribution in [0.1, 0.15) is 77.6 Å². The van der Waals surface area contributed by atoms with Crippen molar-refractivity contribution in [3.8, 4) is 0 Å². The zero-order valence-electron chi connectivity index (χ0n) is 16.7. The molecule has 0 heterocycles. The van der Waals surface area contributed by atoms with Crippen molar-refractivity contribution in [3.05, 3.63) is 48.6 Å². The Morgan fingerprint density at radius 2 is 1.04 bits per heavy atom. The molecule has 3 heteroatoms. The molecule has 3 nitrogen and oxygen atoms in total. The largest absolute Gasteiger partial charge is 0.393 e. The Labute approximate surface area is 160 Å². The molecule has 0 bridgehead atoms. The fourth-order valence-corrected chi connectivity index (χ4v) is 2.49. The molecule has 0 amide bonds. The molecule has 0 aromatic carbocycles. The summed E-state index contributed by atoms with van der Waals surface area (Å²) in [6.45, 7) is 1.47. The first-order valence-electron chi connectivity index (χ1n) is 10.2. The third kappa shape index (κ3) is 16.3. The van der Waals surface area contributed by atoms with Gasteiger partial charge >= 0.3 is 0 Å². The molecule has 150 valence electrons. The minimum absolute atomic E-state index is 0.381. The number of rotatable bonds is 17. The second-order valence-corrected chi connectivity index (χ2v) is 6.87. The summed E-state index contributed by atoms with van der Waals surface area (Å²) in [4.78, 5) is 0. The van der Waals surface area contributed by atoms with Gasteiger partial charge in [-0.3, -0.25) is 0 Å². The normalized spacial score (nSPS) is 13.2. The Kier molecular flexibility index (Phi) is 17.8. The molecule has 0 aromatic rings. The highest BCUT2D eigenvalue weighted by atomic mass is 16.4. The topological polar surface area (TPSA) is 60.7 Å². The van der Waals surface area contributed by atoms with Crippen molar-refractivity contribution in [2.75, 3.05) is 13.2 Å². The van der Waals surface area contributed by atoms with Crippen LogP contribution in [0, 0.1) is 0 Å². The lowest BCUT2D eigenvalue weighted by molar-refractivity contribution is -0.0615. The van der Waals surface area contributed by atoms with E-state index >= 15 is 0 Å². The zero-order chi connectivity index (χ0) is 19.3. The molecule has 0 radical (unpaired) electrons. The highest BCUT2D eigenvalue weighted by Gasteiger charge is 2.23. The molecule has 0 unspecified atom stereocenters. The quantitative estimate of drug-likeness (QED) is 0.244. The second-order valence-electron chi connectivity index (χ2n) is 6.87. The minimum Gasteiger partial charge on any atom is -0.393 e. The van der Waals surface area contributed by atoms with Gasteiger partial charge in [0.2, 0.25) is 0 Å². The van der Waals surface area contributed by atoms with Crippen LogP contribution in [-0.4, -0.2) is 34.1 Å². The fraction of sp³-hybridized carbons (Fsp3) is 0.652. The molecule has 0 saturated carbocycles. The fourth-order valence-electron chi connectivity index (χ4n) is 2.49. The lowest BCUT2D eigenvalue weighted by atomic mass is 9.98. The van der Waals surface area contributed by atoms with E-state index in [0.29, 0.717) is 6.42 Å². The van der Waals surface area contributed by atoms with Gasteiger partial charge in [0.25, 0.3) is 0 Å². The molecular formula is C23H40O3. The Morgan fingerprint density at radius 3 is 1.46 bits per heavy atom. The van der Waals surface area contributed by atoms with Gasteiger partial charge in [0, 0.05) is 0 Å². The van der Waals surface area contributed by atoms with Gasteiger partial charge in [0.15, 0.2) is 0 Å². The van der Waals surface area contributed by atoms with E-state index < -0.39 is 5.60 Å². The second kappa shape index (κ2) is 18.6. The summed E-state index contributed by atoms with van der Waals surface area (Å²) in [5.41, 5.74) is -1.31. The van der Waals surface area contributed by atoms with Crippen LogP contribution in [0.5, 0.6) is 0 Å². The molecule has 0 atom stereocenters. The third-order valence-corrected chi connectivity index (χ3v) is 4.31. The maximum Gasteiger partial charge on any atom is 0.111 e. The van der Waals surface area contributed by atoms with Crippen LogP contribution in [0.4, 0.5) is 0 Å². The van der Waals surface area contributed by atoms with E-state index in [4.69, 9.17) is 10.2 Å². The molecule has 0 aliphatic carbocycles. The summed E-state index contributed by atoms with van der Waals surface area (Å²) in [6, 6.07) is 0. The lowest BCUT2D eigenvalue weighted by Gasteiger charge is -2.22. The van der Waals surface area contributed by atoms with Crippen molar-refractivity contribution in [2.24, 2.45) is 0 Å². The highest BCUT2D eigenvalue weighted by Crippen LogP contribution is 2.14. The number of unbranched alkanes of at least 4 members (excludes halogenated alkanes) is 5. The molecule has 0 saturated heterocycles. The van der Waals surface area contributed by atoms with Crippen molar-refractivity contribution < 1.29 is 15.3 Å². The van der Waals surface area contributed by atoms with Crippen molar-refractivity contribution in [1.82, 2.24) is 0 Å². The van der Waals surface area contributed by atoms with Crippen molar-refractivity contribution in [1.29, 1.82) is 0 Å². The number of aliphatic hydroxyl groups is 3. The Balaban J connectivity index is 3.52. The first kappa shape index (κ1) is 24.8. The number of aliphatic hydroxyl groups excluding tert-OH is 2. The molecule has 26 heavy (non-hydrogen) atoms. The van der Waals surface area contributed by atoms with Gasteiger partial charge in [0.1, 0.15) is 5.60 Å². The summed E-state index contributed by atoms with van der Waals surface area (Å²) in [6.07, 6.45) is 28.9. The smallest absolute Gasteiger partial charge is 0.111 e. The van der Waals surface area contributed by atoms with Crippen molar-refractivity contribution >= 4 is 0 Å². The van der Waals surface area contributed by atoms with Gasteiger partial charge in [-0.25, -0.2) is 0 Å². The van der Waals surface area contributed by atoms with Crippen molar-refractivity contribution in [2.45, 2.75) is 83.2 Å². The van der Waals surface area contributed by atoms with E-state index in [2.05, 4.69) is 55.5 Å². The van der Waals surface area contributed by atoms with Crippen LogP contribution >= 0.6 is 0 Å². The average Bonchev–Trinajstić information content (AvgIpc) is 2.66. The Hall–Kier alpha value is -1.16. The van der Waals surface area contributed by atoms with E-state index in [9.17, 15) is 5.11 Å². The van der Waals surface area contributed by atoms with Gasteiger partial charge in [-0.05, 0) is 51.4 Å². The molecule has 0 aromatic heterocycles. The number of hydrogen-bond donors (Lipinski definition) is 3. The summed E-state index contributed by atoms with van der Waals surface area (Å²) in [5, 5.41) is 27.7. The molecule has 0 aliphatic heterocycles. The van der Waals surface area contributed by atoms with Crippen LogP contribution < -0.4 is 0 Å². The summed E-state index contributed by atoms with van der Waals surface area (Å²) in [5.74, 6) is 0. The van der Waals surface area contributed by atoms with Gasteiger partial charge in [-0.15, -0.1) is 0 Å². The van der Waals surface area contributed by atoms with Crippen LogP contribution in [0.3, 0.4) is 0 Å². The van der Waals surface area contributed by atoms with Crippen LogP contribution in [0.15, 0.2) is 48.6 Å². The van der Waals surface area contributed by atoms with Gasteiger partial charge in [-0.1, -0.05) is 74.8 Å². The molecular weight excluding hydrogens is 324 g/mol. The molecule has 0 aliphatic rings. The van der Waals surface area contributed by atoms with Crippen molar-refractivity contribution in [3.63, 3.8) is 0 Å². The highest BCUT2D eigenvalue weighted by molar-refractivity contribution is 4.99. The maximum absolute atomic E-state index is 9.73. The molecule has 0 spiro atoms. The third-order valence-electron chi connectivity index (χ3n) is 4.31. The number of allylic oxidation sites excluding steroid dienone is 8. The van der Waals surface area contributed by atoms with E-state index in [-0.39, 0.29) is 13.2 Å². The lowest BCUT2D eigenvalue weighted by Crippen LogP contribution is -2.37. The van der Waals surface area contributed by atoms with Crippen LogP contribution in [0.25, 0.3) is 0 Å². The van der Waals surface area contributed by atoms with E-state index in [1.165, 1.54) is 25.7 Å². The minimum atomic E-state index is -1.31. The predicted octanol–water partition coefficient (Wildman–Crippen LogP) is 5.24. The van der Waals surface area contributed by atoms with Gasteiger partial charge in [-0.2, -0.15) is 0 Å². The maximum atomic E-state index is 9.73. The van der Waals surface area contributed by atoms with Gasteiger partial charge < -0.3 is 15.3 Å². The summed E-state index contributed by atoms with van der Waals surface area (Å²) < 4.78 is 0. The molecule has 0 fully saturated rings. The summed E-state index contributed by atoms with van der Waals surface area (Å²) >= 11 is 0. The van der Waals surface area contributed by atoms with E-state index in [1.807, 2.05) is 0 Å². The van der Waals surface area contributed by atoms with E-state index in [1.54, 1.807) is 0 Å². The van der Waals surface area contributed by atoms with Crippen LogP contribution in [0.2, 0.25) is 0 Å². The van der Waals surface area contributed by atoms with Gasteiger partial charge in [0.05, 0.1) is 13.2 Å². The predicted molar refractivity (Wildman–Crippen MR) is 112 cm³/mol. The monoisotopic (exact) mass is 364 g/mol. The number of hydrogen-bond acceptors (Lipinski definition) is 3. The zero-order valence-corrected chi connectivity index (χ0v) is 16.7. The molecule has 3 N–H and O–H groups in total. The van der Waals surface area contributed by atoms with E-state index in [0.717, 1.165) is 38.5 Å². The first-order chi connectivity index (χ1) is 12.7. The first-order valence-corrected chi connectivity index (χ1v) is 10.2. The van der Waals surface area contributed by atoms with Crippen LogP contribution in [-0.2, 0) is 0 Å². The Bertz CT molecular complexity index is 404. The molecule has 0 rings (SSSR count). The standard InChI is InChI=1S/C23H40O3/c1-2-3-4-5-6-7-8-9-10-11-12-13-14-15-16-17-18-19-20-23(26,21-24)22-25/h6-7,9-10,12-13,15-16,24-26H,2-5,8,11,14,17-22H2,1H3.